The number of aromatic amines is 1. The van der Waals surface area contributed by atoms with Crippen molar-refractivity contribution < 1.29 is 4.79 Å². The number of carbonyl (C=O) groups is 1. The van der Waals surface area contributed by atoms with Gasteiger partial charge in [-0.05, 0) is 30.7 Å². The molecular weight excluding hydrogens is 292 g/mol. The normalized spacial score (nSPS) is 27.3. The van der Waals surface area contributed by atoms with Crippen LogP contribution in [0.5, 0.6) is 0 Å². The summed E-state index contributed by atoms with van der Waals surface area (Å²) < 4.78 is 2.08. The first-order valence-corrected chi connectivity index (χ1v) is 8.19. The molecule has 2 aromatic rings. The number of imidazole rings is 1. The molecule has 1 saturated carbocycles. The highest BCUT2D eigenvalue weighted by Crippen LogP contribution is 2.37. The fourth-order valence-corrected chi connectivity index (χ4v) is 4.04. The molecule has 0 aromatic carbocycles. The Balaban J connectivity index is 1.40. The minimum atomic E-state index is -0.0399. The van der Waals surface area contributed by atoms with Gasteiger partial charge in [-0.15, -0.1) is 0 Å². The lowest BCUT2D eigenvalue weighted by molar-refractivity contribution is 0.0814. The van der Waals surface area contributed by atoms with Crippen LogP contribution < -0.4 is 5.32 Å². The maximum Gasteiger partial charge on any atom is 0.269 e. The van der Waals surface area contributed by atoms with Crippen molar-refractivity contribution in [1.82, 2.24) is 30.0 Å². The summed E-state index contributed by atoms with van der Waals surface area (Å²) in [5.74, 6) is 2.12. The topological polar surface area (TPSA) is 78.8 Å². The number of aryl methyl sites for hydroxylation is 1. The SMILES string of the molecule is Cn1ccnc1CN1C[C@H]2CC[C@@H](C1)C2NC(=O)c1ccn[nH]1. The number of rotatable bonds is 4. The van der Waals surface area contributed by atoms with Gasteiger partial charge in [-0.1, -0.05) is 0 Å². The Labute approximate surface area is 135 Å². The Morgan fingerprint density at radius 2 is 2.13 bits per heavy atom. The zero-order valence-electron chi connectivity index (χ0n) is 13.3. The van der Waals surface area contributed by atoms with Crippen molar-refractivity contribution in [3.63, 3.8) is 0 Å². The number of carbonyl (C=O) groups excluding carboxylic acids is 1. The number of hydrogen-bond acceptors (Lipinski definition) is 4. The minimum Gasteiger partial charge on any atom is -0.347 e. The molecule has 2 fully saturated rings. The molecule has 0 radical (unpaired) electrons. The number of nitrogens with one attached hydrogen (secondary N) is 2. The molecule has 2 aromatic heterocycles. The Kier molecular flexibility index (Phi) is 3.65. The van der Waals surface area contributed by atoms with Crippen molar-refractivity contribution >= 4 is 5.91 Å². The predicted octanol–water partition coefficient (Wildman–Crippen LogP) is 0.784. The number of fused-ring (bicyclic) bond motifs is 2. The molecule has 2 aliphatic rings. The van der Waals surface area contributed by atoms with Crippen molar-refractivity contribution in [1.29, 1.82) is 0 Å². The molecule has 0 spiro atoms. The summed E-state index contributed by atoms with van der Waals surface area (Å²) >= 11 is 0. The second-order valence-electron chi connectivity index (χ2n) is 6.72. The van der Waals surface area contributed by atoms with Crippen LogP contribution in [0.4, 0.5) is 0 Å². The highest BCUT2D eigenvalue weighted by molar-refractivity contribution is 5.92. The zero-order valence-corrected chi connectivity index (χ0v) is 13.3. The fraction of sp³-hybridized carbons (Fsp3) is 0.562. The molecule has 23 heavy (non-hydrogen) atoms. The molecule has 1 unspecified atom stereocenters. The summed E-state index contributed by atoms with van der Waals surface area (Å²) in [6.07, 6.45) is 7.83. The van der Waals surface area contributed by atoms with Gasteiger partial charge in [0.1, 0.15) is 11.5 Å². The Morgan fingerprint density at radius 3 is 2.74 bits per heavy atom. The van der Waals surface area contributed by atoms with E-state index in [2.05, 4.69) is 30.0 Å². The molecule has 3 atom stereocenters. The largest absolute Gasteiger partial charge is 0.347 e. The average Bonchev–Trinajstić information content (AvgIpc) is 3.23. The van der Waals surface area contributed by atoms with Crippen LogP contribution in [0.1, 0.15) is 29.2 Å². The van der Waals surface area contributed by atoms with Crippen LogP contribution in [0.15, 0.2) is 24.7 Å². The lowest BCUT2D eigenvalue weighted by Gasteiger charge is -2.38. The number of piperidine rings is 1. The minimum absolute atomic E-state index is 0.0399. The second-order valence-corrected chi connectivity index (χ2v) is 6.72. The van der Waals surface area contributed by atoms with Gasteiger partial charge in [0.15, 0.2) is 0 Å². The van der Waals surface area contributed by atoms with Crippen LogP contribution in [-0.2, 0) is 13.6 Å². The standard InChI is InChI=1S/C16H22N6O/c1-21-7-6-17-14(21)10-22-8-11-2-3-12(9-22)15(11)19-16(23)13-4-5-18-20-13/h4-7,11-12,15H,2-3,8-10H2,1H3,(H,18,20)(H,19,23)/t11-,12+,15?. The van der Waals surface area contributed by atoms with Gasteiger partial charge in [0.2, 0.25) is 0 Å². The number of aromatic nitrogens is 4. The first-order chi connectivity index (χ1) is 11.2. The molecule has 1 aliphatic carbocycles. The van der Waals surface area contributed by atoms with Gasteiger partial charge in [0.05, 0.1) is 6.54 Å². The maximum atomic E-state index is 12.3. The molecule has 1 saturated heterocycles. The monoisotopic (exact) mass is 314 g/mol. The van der Waals surface area contributed by atoms with Crippen molar-refractivity contribution in [3.8, 4) is 0 Å². The molecular formula is C16H22N6O. The first kappa shape index (κ1) is 14.4. The van der Waals surface area contributed by atoms with E-state index in [0.29, 0.717) is 17.5 Å². The van der Waals surface area contributed by atoms with Gasteiger partial charge >= 0.3 is 0 Å². The van der Waals surface area contributed by atoms with Crippen molar-refractivity contribution in [2.24, 2.45) is 18.9 Å². The summed E-state index contributed by atoms with van der Waals surface area (Å²) in [4.78, 5) is 19.2. The molecule has 1 amide bonds. The lowest BCUT2D eigenvalue weighted by Crippen LogP contribution is -2.52. The molecule has 7 heteroatoms. The Hall–Kier alpha value is -2.15. The van der Waals surface area contributed by atoms with E-state index in [1.807, 2.05) is 19.4 Å². The van der Waals surface area contributed by atoms with Crippen LogP contribution in [0.3, 0.4) is 0 Å². The van der Waals surface area contributed by atoms with E-state index >= 15 is 0 Å². The van der Waals surface area contributed by atoms with Crippen molar-refractivity contribution in [3.05, 3.63) is 36.2 Å². The number of hydrogen-bond donors (Lipinski definition) is 2. The van der Waals surface area contributed by atoms with E-state index in [1.54, 1.807) is 12.3 Å². The fourth-order valence-electron chi connectivity index (χ4n) is 4.04. The molecule has 1 aliphatic heterocycles. The van der Waals surface area contributed by atoms with E-state index in [9.17, 15) is 4.79 Å². The van der Waals surface area contributed by atoms with Crippen LogP contribution in [0.25, 0.3) is 0 Å². The van der Waals surface area contributed by atoms with Gasteiger partial charge in [-0.2, -0.15) is 5.10 Å². The maximum absolute atomic E-state index is 12.3. The van der Waals surface area contributed by atoms with Crippen LogP contribution >= 0.6 is 0 Å². The average molecular weight is 314 g/mol. The van der Waals surface area contributed by atoms with Crippen molar-refractivity contribution in [2.75, 3.05) is 13.1 Å². The highest BCUT2D eigenvalue weighted by atomic mass is 16.2. The van der Waals surface area contributed by atoms with Gasteiger partial charge in [0, 0.05) is 44.8 Å². The van der Waals surface area contributed by atoms with E-state index in [1.165, 1.54) is 12.8 Å². The van der Waals surface area contributed by atoms with E-state index < -0.39 is 0 Å². The summed E-state index contributed by atoms with van der Waals surface area (Å²) in [6, 6.07) is 2.00. The number of likely N-dealkylation sites (tertiary alicyclic amines) is 1. The zero-order chi connectivity index (χ0) is 15.8. The number of H-pyrrole nitrogens is 1. The Morgan fingerprint density at radius 1 is 1.35 bits per heavy atom. The van der Waals surface area contributed by atoms with E-state index in [4.69, 9.17) is 0 Å². The van der Waals surface area contributed by atoms with E-state index in [-0.39, 0.29) is 11.9 Å². The predicted molar refractivity (Wildman–Crippen MR) is 84.5 cm³/mol. The van der Waals surface area contributed by atoms with Crippen LogP contribution in [-0.4, -0.2) is 49.7 Å². The lowest BCUT2D eigenvalue weighted by atomic mass is 9.92. The van der Waals surface area contributed by atoms with Gasteiger partial charge in [-0.3, -0.25) is 14.8 Å². The molecule has 3 heterocycles. The molecule has 122 valence electrons. The van der Waals surface area contributed by atoms with Crippen LogP contribution in [0, 0.1) is 11.8 Å². The summed E-state index contributed by atoms with van der Waals surface area (Å²) in [7, 11) is 2.04. The second kappa shape index (κ2) is 5.81. The first-order valence-electron chi connectivity index (χ1n) is 8.19. The summed E-state index contributed by atoms with van der Waals surface area (Å²) in [6.45, 7) is 2.94. The van der Waals surface area contributed by atoms with Gasteiger partial charge < -0.3 is 9.88 Å². The molecule has 2 N–H and O–H groups in total. The van der Waals surface area contributed by atoms with Gasteiger partial charge in [0.25, 0.3) is 5.91 Å². The number of amides is 1. The third-order valence-corrected chi connectivity index (χ3v) is 5.24. The smallest absolute Gasteiger partial charge is 0.269 e. The van der Waals surface area contributed by atoms with Gasteiger partial charge in [-0.25, -0.2) is 4.98 Å². The van der Waals surface area contributed by atoms with Crippen molar-refractivity contribution in [2.45, 2.75) is 25.4 Å². The highest BCUT2D eigenvalue weighted by Gasteiger charge is 2.42. The molecule has 2 bridgehead atoms. The number of nitrogens with zero attached hydrogens (tertiary/aromatic N) is 4. The summed E-state index contributed by atoms with van der Waals surface area (Å²) in [5.41, 5.74) is 0.542. The third-order valence-electron chi connectivity index (χ3n) is 5.24. The Bertz CT molecular complexity index is 665. The van der Waals surface area contributed by atoms with E-state index in [0.717, 1.165) is 25.5 Å². The summed E-state index contributed by atoms with van der Waals surface area (Å²) in [5, 5.41) is 9.80. The molecule has 4 rings (SSSR count). The van der Waals surface area contributed by atoms with Crippen LogP contribution in [0.2, 0.25) is 0 Å². The molecule has 7 nitrogen and oxygen atoms in total. The third kappa shape index (κ3) is 2.76. The quantitative estimate of drug-likeness (QED) is 0.874.